The van der Waals surface area contributed by atoms with Crippen molar-refractivity contribution in [1.29, 1.82) is 0 Å². The maximum absolute atomic E-state index is 14.4. The average molecular weight is 761 g/mol. The Hall–Kier alpha value is -2.87. The molecule has 11 nitrogen and oxygen atoms in total. The molecule has 2 aromatic rings. The van der Waals surface area contributed by atoms with Gasteiger partial charge in [-0.3, -0.25) is 29.4 Å². The van der Waals surface area contributed by atoms with Gasteiger partial charge in [0, 0.05) is 35.1 Å². The lowest BCUT2D eigenvalue weighted by molar-refractivity contribution is -0.159. The van der Waals surface area contributed by atoms with Gasteiger partial charge in [0.15, 0.2) is 11.9 Å². The zero-order valence-electron chi connectivity index (χ0n) is 23.4. The molecule has 0 spiro atoms. The van der Waals surface area contributed by atoms with Crippen molar-refractivity contribution in [3.05, 3.63) is 66.5 Å². The third kappa shape index (κ3) is 9.07. The number of nitrogens with zero attached hydrogens (tertiary/aromatic N) is 4. The van der Waals surface area contributed by atoms with Crippen molar-refractivity contribution >= 4 is 84.8 Å². The molecule has 43 heavy (non-hydrogen) atoms. The number of imide groups is 2. The molecule has 2 aromatic carbocycles. The summed E-state index contributed by atoms with van der Waals surface area (Å²) in [6.07, 6.45) is 1.94. The van der Waals surface area contributed by atoms with Gasteiger partial charge in [-0.1, -0.05) is 35.3 Å². The highest BCUT2D eigenvalue weighted by molar-refractivity contribution is 9.10. The molecule has 0 radical (unpaired) electrons. The van der Waals surface area contributed by atoms with Gasteiger partial charge in [0.2, 0.25) is 11.8 Å². The number of carbonyl (C=O) groups is 3. The highest BCUT2D eigenvalue weighted by Gasteiger charge is 2.56. The van der Waals surface area contributed by atoms with Crippen LogP contribution in [0.4, 0.5) is 4.79 Å². The van der Waals surface area contributed by atoms with Crippen LogP contribution in [0.3, 0.4) is 0 Å². The van der Waals surface area contributed by atoms with E-state index in [4.69, 9.17) is 46.1 Å². The molecule has 0 saturated carbocycles. The molecule has 15 heteroatoms. The monoisotopic (exact) mass is 758 g/mol. The van der Waals surface area contributed by atoms with Crippen LogP contribution < -0.4 is 22.9 Å². The number of aliphatic imine (C=N–C) groups is 2. The van der Waals surface area contributed by atoms with Gasteiger partial charge in [0.1, 0.15) is 5.41 Å². The van der Waals surface area contributed by atoms with Gasteiger partial charge < -0.3 is 22.9 Å². The Morgan fingerprint density at radius 2 is 1.09 bits per heavy atom. The van der Waals surface area contributed by atoms with Crippen LogP contribution in [0.5, 0.6) is 0 Å². The predicted molar refractivity (Wildman–Crippen MR) is 177 cm³/mol. The number of hydrogen-bond donors (Lipinski definition) is 4. The normalized spacial score (nSPS) is 14.7. The number of unbranched alkanes of at least 4 members (excludes halogenated alkanes) is 2. The number of carbonyl (C=O) groups excluding carboxylic acids is 3. The van der Waals surface area contributed by atoms with Gasteiger partial charge in [0.25, 0.3) is 0 Å². The maximum Gasteiger partial charge on any atom is 0.333 e. The SMILES string of the molecule is NC(N)=NCCCCN1C(=O)N(CCCCN=C(N)N)C(=O)C(Cc2ccc(Br)c(Cl)c2)(Cc2ccc(Br)c(Cl)c2)C1=O. The number of guanidine groups is 2. The van der Waals surface area contributed by atoms with Gasteiger partial charge in [-0.15, -0.1) is 0 Å². The minimum atomic E-state index is -1.65. The lowest BCUT2D eigenvalue weighted by Gasteiger charge is -2.44. The minimum absolute atomic E-state index is 0.00757. The first kappa shape index (κ1) is 34.6. The third-order valence-corrected chi connectivity index (χ3v) is 9.38. The number of hydrogen-bond acceptors (Lipinski definition) is 5. The zero-order valence-corrected chi connectivity index (χ0v) is 28.1. The Bertz CT molecular complexity index is 1310. The number of halogens is 4. The number of amides is 4. The molecule has 232 valence electrons. The van der Waals surface area contributed by atoms with Crippen molar-refractivity contribution < 1.29 is 14.4 Å². The predicted octanol–water partition coefficient (Wildman–Crippen LogP) is 4.19. The van der Waals surface area contributed by atoms with E-state index in [-0.39, 0.29) is 37.9 Å². The van der Waals surface area contributed by atoms with E-state index in [1.165, 1.54) is 0 Å². The molecule has 8 N–H and O–H groups in total. The second kappa shape index (κ2) is 15.7. The smallest absolute Gasteiger partial charge is 0.333 e. The summed E-state index contributed by atoms with van der Waals surface area (Å²) in [6.45, 7) is 0.844. The van der Waals surface area contributed by atoms with Gasteiger partial charge in [0.05, 0.1) is 10.0 Å². The molecule has 1 saturated heterocycles. The molecular weight excluding hydrogens is 727 g/mol. The van der Waals surface area contributed by atoms with E-state index in [1.807, 2.05) is 0 Å². The van der Waals surface area contributed by atoms with Crippen molar-refractivity contribution in [2.75, 3.05) is 26.2 Å². The van der Waals surface area contributed by atoms with Crippen LogP contribution in [0.2, 0.25) is 10.0 Å². The molecular formula is C28H34Br2Cl2N8O3. The number of barbiturate groups is 1. The van der Waals surface area contributed by atoms with E-state index in [9.17, 15) is 14.4 Å². The fourth-order valence-electron chi connectivity index (χ4n) is 4.86. The molecule has 4 amide bonds. The maximum atomic E-state index is 14.4. The minimum Gasteiger partial charge on any atom is -0.370 e. The first-order valence-corrected chi connectivity index (χ1v) is 15.9. The van der Waals surface area contributed by atoms with Crippen LogP contribution in [-0.4, -0.2) is 65.7 Å². The van der Waals surface area contributed by atoms with Crippen molar-refractivity contribution in [2.24, 2.45) is 38.3 Å². The molecule has 1 heterocycles. The summed E-state index contributed by atoms with van der Waals surface area (Å²) >= 11 is 19.6. The van der Waals surface area contributed by atoms with E-state index >= 15 is 0 Å². The second-order valence-electron chi connectivity index (χ2n) is 10.2. The summed E-state index contributed by atoms with van der Waals surface area (Å²) in [5.74, 6) is -1.25. The highest BCUT2D eigenvalue weighted by atomic mass is 79.9. The van der Waals surface area contributed by atoms with Gasteiger partial charge >= 0.3 is 6.03 Å². The van der Waals surface area contributed by atoms with E-state index in [0.717, 1.165) is 9.80 Å². The molecule has 0 aliphatic carbocycles. The zero-order chi connectivity index (χ0) is 31.7. The summed E-state index contributed by atoms with van der Waals surface area (Å²) in [6, 6.07) is 9.85. The van der Waals surface area contributed by atoms with E-state index in [1.54, 1.807) is 36.4 Å². The number of benzene rings is 2. The first-order chi connectivity index (χ1) is 20.4. The molecule has 0 unspecified atom stereocenters. The Kier molecular flexibility index (Phi) is 12.7. The highest BCUT2D eigenvalue weighted by Crippen LogP contribution is 2.39. The first-order valence-electron chi connectivity index (χ1n) is 13.5. The van der Waals surface area contributed by atoms with Gasteiger partial charge in [-0.2, -0.15) is 0 Å². The standard InChI is InChI=1S/C28H34Br2Cl2N8O3/c29-19-7-5-17(13-21(19)31)15-28(16-18-6-8-20(30)22(32)14-18)23(41)39(11-3-1-9-37-25(33)34)27(43)40(24(28)42)12-4-2-10-38-26(35)36/h5-8,13-14H,1-4,9-12,15-16H2,(H4,33,34,37)(H4,35,36,38). The Morgan fingerprint density at radius 1 is 0.698 bits per heavy atom. The second-order valence-corrected chi connectivity index (χ2v) is 12.7. The van der Waals surface area contributed by atoms with Crippen LogP contribution >= 0.6 is 55.1 Å². The molecule has 3 rings (SSSR count). The summed E-state index contributed by atoms with van der Waals surface area (Å²) < 4.78 is 1.35. The molecule has 1 aliphatic heterocycles. The van der Waals surface area contributed by atoms with Gasteiger partial charge in [-0.25, -0.2) is 4.79 Å². The molecule has 0 bridgehead atoms. The van der Waals surface area contributed by atoms with E-state index < -0.39 is 23.3 Å². The topological polar surface area (TPSA) is 186 Å². The van der Waals surface area contributed by atoms with E-state index in [0.29, 0.717) is 68.9 Å². The largest absolute Gasteiger partial charge is 0.370 e. The Labute approximate surface area is 277 Å². The van der Waals surface area contributed by atoms with Crippen LogP contribution in [0.1, 0.15) is 36.8 Å². The Morgan fingerprint density at radius 3 is 1.44 bits per heavy atom. The Balaban J connectivity index is 2.05. The van der Waals surface area contributed by atoms with Crippen LogP contribution in [0.15, 0.2) is 55.3 Å². The molecule has 0 atom stereocenters. The summed E-state index contributed by atoms with van der Waals surface area (Å²) in [5.41, 5.74) is 21.3. The summed E-state index contributed by atoms with van der Waals surface area (Å²) in [4.78, 5) is 52.8. The quantitative estimate of drug-likeness (QED) is 0.0963. The third-order valence-electron chi connectivity index (χ3n) is 6.92. The van der Waals surface area contributed by atoms with Crippen molar-refractivity contribution in [1.82, 2.24) is 9.80 Å². The lowest BCUT2D eigenvalue weighted by Crippen LogP contribution is -2.66. The summed E-state index contributed by atoms with van der Waals surface area (Å²) in [5, 5.41) is 0.860. The molecule has 1 aliphatic rings. The fraction of sp³-hybridized carbons (Fsp3) is 0.393. The van der Waals surface area contributed by atoms with Crippen molar-refractivity contribution in [3.8, 4) is 0 Å². The summed E-state index contributed by atoms with van der Waals surface area (Å²) in [7, 11) is 0. The average Bonchev–Trinajstić information content (AvgIpc) is 2.94. The number of rotatable bonds is 14. The van der Waals surface area contributed by atoms with Gasteiger partial charge in [-0.05, 0) is 106 Å². The lowest BCUT2D eigenvalue weighted by atomic mass is 9.72. The van der Waals surface area contributed by atoms with Crippen molar-refractivity contribution in [2.45, 2.75) is 38.5 Å². The van der Waals surface area contributed by atoms with Crippen molar-refractivity contribution in [3.63, 3.8) is 0 Å². The number of nitrogens with two attached hydrogens (primary N) is 4. The fourth-order valence-corrected chi connectivity index (χ4v) is 5.76. The van der Waals surface area contributed by atoms with Crippen LogP contribution in [-0.2, 0) is 22.4 Å². The molecule has 0 aromatic heterocycles. The van der Waals surface area contributed by atoms with E-state index in [2.05, 4.69) is 41.8 Å². The number of urea groups is 1. The molecule has 1 fully saturated rings. The van der Waals surface area contributed by atoms with Crippen LogP contribution in [0, 0.1) is 5.41 Å². The van der Waals surface area contributed by atoms with Crippen LogP contribution in [0.25, 0.3) is 0 Å².